The maximum Gasteiger partial charge on any atom is 0.254 e. The Balaban J connectivity index is 1.47. The molecule has 1 N–H and O–H groups in total. The standard InChI is InChI=1S/C25H29N3O5/c1-3-33-22-10-5-4-9-21(22)28-16-18(15-23(28)29)24(30)26-20-8-6-7-19(17(20)2)25(31)27-11-13-32-14-12-27/h4-10,18H,3,11-16H2,1-2H3,(H,26,30). The lowest BCUT2D eigenvalue weighted by atomic mass is 10.0. The molecule has 2 fully saturated rings. The monoisotopic (exact) mass is 451 g/mol. The van der Waals surface area contributed by atoms with Gasteiger partial charge in [-0.25, -0.2) is 0 Å². The molecule has 4 rings (SSSR count). The van der Waals surface area contributed by atoms with Gasteiger partial charge in [0.1, 0.15) is 5.75 Å². The van der Waals surface area contributed by atoms with Crippen molar-refractivity contribution in [1.29, 1.82) is 0 Å². The fourth-order valence-corrected chi connectivity index (χ4v) is 4.25. The Kier molecular flexibility index (Phi) is 6.93. The van der Waals surface area contributed by atoms with E-state index in [1.54, 1.807) is 28.0 Å². The van der Waals surface area contributed by atoms with Gasteiger partial charge in [0.2, 0.25) is 11.8 Å². The minimum Gasteiger partial charge on any atom is -0.492 e. The molecule has 2 heterocycles. The van der Waals surface area contributed by atoms with E-state index in [0.717, 1.165) is 0 Å². The van der Waals surface area contributed by atoms with E-state index in [9.17, 15) is 14.4 Å². The van der Waals surface area contributed by atoms with Crippen LogP contribution in [0.15, 0.2) is 42.5 Å². The molecular formula is C25H29N3O5. The summed E-state index contributed by atoms with van der Waals surface area (Å²) in [7, 11) is 0. The number of benzene rings is 2. The average molecular weight is 452 g/mol. The third-order valence-corrected chi connectivity index (χ3v) is 6.07. The summed E-state index contributed by atoms with van der Waals surface area (Å²) in [5, 5.41) is 2.94. The first-order valence-electron chi connectivity index (χ1n) is 11.3. The van der Waals surface area contributed by atoms with Crippen molar-refractivity contribution < 1.29 is 23.9 Å². The van der Waals surface area contributed by atoms with Crippen LogP contribution < -0.4 is 15.0 Å². The first kappa shape index (κ1) is 22.8. The molecule has 2 aromatic carbocycles. The van der Waals surface area contributed by atoms with Gasteiger partial charge in [0.15, 0.2) is 0 Å². The molecule has 1 unspecified atom stereocenters. The summed E-state index contributed by atoms with van der Waals surface area (Å²) in [6, 6.07) is 12.7. The van der Waals surface area contributed by atoms with Crippen molar-refractivity contribution in [3.63, 3.8) is 0 Å². The summed E-state index contributed by atoms with van der Waals surface area (Å²) in [4.78, 5) is 42.1. The van der Waals surface area contributed by atoms with E-state index in [1.165, 1.54) is 0 Å². The molecule has 0 aromatic heterocycles. The third-order valence-electron chi connectivity index (χ3n) is 6.07. The molecule has 2 aromatic rings. The van der Waals surface area contributed by atoms with Crippen molar-refractivity contribution >= 4 is 29.1 Å². The summed E-state index contributed by atoms with van der Waals surface area (Å²) in [6.45, 7) is 6.64. The van der Waals surface area contributed by atoms with Gasteiger partial charge in [-0.05, 0) is 43.7 Å². The maximum absolute atomic E-state index is 13.0. The Morgan fingerprint density at radius 1 is 1.12 bits per heavy atom. The van der Waals surface area contributed by atoms with E-state index >= 15 is 0 Å². The number of amides is 3. The second-order valence-electron chi connectivity index (χ2n) is 8.18. The van der Waals surface area contributed by atoms with Gasteiger partial charge in [-0.2, -0.15) is 0 Å². The van der Waals surface area contributed by atoms with Crippen LogP contribution in [-0.4, -0.2) is 62.1 Å². The first-order chi connectivity index (χ1) is 16.0. The topological polar surface area (TPSA) is 88.2 Å². The van der Waals surface area contributed by atoms with E-state index in [4.69, 9.17) is 9.47 Å². The summed E-state index contributed by atoms with van der Waals surface area (Å²) < 4.78 is 11.0. The molecule has 174 valence electrons. The zero-order valence-corrected chi connectivity index (χ0v) is 19.0. The summed E-state index contributed by atoms with van der Waals surface area (Å²) in [6.07, 6.45) is 0.123. The van der Waals surface area contributed by atoms with Gasteiger partial charge in [0.25, 0.3) is 5.91 Å². The molecule has 8 nitrogen and oxygen atoms in total. The van der Waals surface area contributed by atoms with Crippen LogP contribution in [0.3, 0.4) is 0 Å². The van der Waals surface area contributed by atoms with Crippen molar-refractivity contribution in [2.75, 3.05) is 49.7 Å². The number of rotatable bonds is 6. The van der Waals surface area contributed by atoms with Gasteiger partial charge in [0.05, 0.1) is 31.4 Å². The van der Waals surface area contributed by atoms with Crippen LogP contribution in [0, 0.1) is 12.8 Å². The van der Waals surface area contributed by atoms with E-state index in [0.29, 0.717) is 61.2 Å². The third kappa shape index (κ3) is 4.85. The highest BCUT2D eigenvalue weighted by Gasteiger charge is 2.36. The summed E-state index contributed by atoms with van der Waals surface area (Å²) in [5.74, 6) is -0.291. The smallest absolute Gasteiger partial charge is 0.254 e. The Bertz CT molecular complexity index is 1050. The Morgan fingerprint density at radius 3 is 2.64 bits per heavy atom. The van der Waals surface area contributed by atoms with E-state index in [2.05, 4.69) is 5.32 Å². The first-order valence-corrected chi connectivity index (χ1v) is 11.3. The van der Waals surface area contributed by atoms with Crippen molar-refractivity contribution in [3.05, 3.63) is 53.6 Å². The number of nitrogens with zero attached hydrogens (tertiary/aromatic N) is 2. The minimum atomic E-state index is -0.495. The molecular weight excluding hydrogens is 422 g/mol. The zero-order valence-electron chi connectivity index (χ0n) is 19.0. The van der Waals surface area contributed by atoms with Crippen LogP contribution in [-0.2, 0) is 14.3 Å². The van der Waals surface area contributed by atoms with Crippen LogP contribution in [0.2, 0.25) is 0 Å². The van der Waals surface area contributed by atoms with Crippen LogP contribution in [0.1, 0.15) is 29.3 Å². The Morgan fingerprint density at radius 2 is 1.88 bits per heavy atom. The van der Waals surface area contributed by atoms with E-state index in [-0.39, 0.29) is 30.7 Å². The molecule has 8 heteroatoms. The lowest BCUT2D eigenvalue weighted by Gasteiger charge is -2.27. The maximum atomic E-state index is 13.0. The average Bonchev–Trinajstić information content (AvgIpc) is 3.22. The Labute approximate surface area is 193 Å². The van der Waals surface area contributed by atoms with Crippen LogP contribution in [0.4, 0.5) is 11.4 Å². The fraction of sp³-hybridized carbons (Fsp3) is 0.400. The molecule has 0 aliphatic carbocycles. The van der Waals surface area contributed by atoms with Gasteiger partial charge >= 0.3 is 0 Å². The Hall–Kier alpha value is -3.39. The van der Waals surface area contributed by atoms with Crippen molar-refractivity contribution in [2.45, 2.75) is 20.3 Å². The molecule has 3 amide bonds. The summed E-state index contributed by atoms with van der Waals surface area (Å²) in [5.41, 5.74) is 2.53. The molecule has 2 aliphatic rings. The number of carbonyl (C=O) groups excluding carboxylic acids is 3. The van der Waals surface area contributed by atoms with Crippen LogP contribution >= 0.6 is 0 Å². The molecule has 2 aliphatic heterocycles. The van der Waals surface area contributed by atoms with Gasteiger partial charge in [0, 0.05) is 37.3 Å². The molecule has 1 atom stereocenters. The number of nitrogens with one attached hydrogen (secondary N) is 1. The number of ether oxygens (including phenoxy) is 2. The van der Waals surface area contributed by atoms with Gasteiger partial charge in [-0.3, -0.25) is 14.4 Å². The number of para-hydroxylation sites is 2. The van der Waals surface area contributed by atoms with E-state index in [1.807, 2.05) is 38.1 Å². The number of hydrogen-bond donors (Lipinski definition) is 1. The highest BCUT2D eigenvalue weighted by molar-refractivity contribution is 6.05. The number of carbonyl (C=O) groups is 3. The minimum absolute atomic E-state index is 0.0679. The lowest BCUT2D eigenvalue weighted by molar-refractivity contribution is -0.122. The zero-order chi connectivity index (χ0) is 23.4. The van der Waals surface area contributed by atoms with E-state index < -0.39 is 5.92 Å². The molecule has 0 spiro atoms. The van der Waals surface area contributed by atoms with Crippen LogP contribution in [0.25, 0.3) is 0 Å². The second-order valence-corrected chi connectivity index (χ2v) is 8.18. The molecule has 0 radical (unpaired) electrons. The quantitative estimate of drug-likeness (QED) is 0.730. The summed E-state index contributed by atoms with van der Waals surface area (Å²) >= 11 is 0. The van der Waals surface area contributed by atoms with Crippen molar-refractivity contribution in [2.24, 2.45) is 5.92 Å². The number of morpholine rings is 1. The SMILES string of the molecule is CCOc1ccccc1N1CC(C(=O)Nc2cccc(C(=O)N3CCOCC3)c2C)CC1=O. The van der Waals surface area contributed by atoms with Crippen molar-refractivity contribution in [1.82, 2.24) is 4.90 Å². The number of anilines is 2. The second kappa shape index (κ2) is 10.0. The molecule has 0 saturated carbocycles. The highest BCUT2D eigenvalue weighted by atomic mass is 16.5. The largest absolute Gasteiger partial charge is 0.492 e. The predicted octanol–water partition coefficient (Wildman–Crippen LogP) is 2.86. The fourth-order valence-electron chi connectivity index (χ4n) is 4.25. The predicted molar refractivity (Wildman–Crippen MR) is 125 cm³/mol. The van der Waals surface area contributed by atoms with Crippen LogP contribution in [0.5, 0.6) is 5.75 Å². The molecule has 2 saturated heterocycles. The lowest BCUT2D eigenvalue weighted by Crippen LogP contribution is -2.41. The molecule has 0 bridgehead atoms. The molecule has 33 heavy (non-hydrogen) atoms. The van der Waals surface area contributed by atoms with Crippen molar-refractivity contribution in [3.8, 4) is 5.75 Å². The number of hydrogen-bond acceptors (Lipinski definition) is 5. The van der Waals surface area contributed by atoms with Gasteiger partial charge < -0.3 is 24.6 Å². The normalized spacial score (nSPS) is 18.4. The highest BCUT2D eigenvalue weighted by Crippen LogP contribution is 2.33. The van der Waals surface area contributed by atoms with Gasteiger partial charge in [-0.1, -0.05) is 18.2 Å². The van der Waals surface area contributed by atoms with Gasteiger partial charge in [-0.15, -0.1) is 0 Å².